The number of carbonyl (C=O) groups is 2. The maximum Gasteiger partial charge on any atom is 0.410 e. The van der Waals surface area contributed by atoms with Gasteiger partial charge in [0, 0.05) is 12.1 Å². The number of hydrogen-bond acceptors (Lipinski definition) is 6. The molecule has 9 heteroatoms. The number of benzene rings is 1. The molecule has 1 atom stereocenters. The van der Waals surface area contributed by atoms with Crippen LogP contribution in [0.25, 0.3) is 5.70 Å². The third-order valence-electron chi connectivity index (χ3n) is 3.91. The summed E-state index contributed by atoms with van der Waals surface area (Å²) in [5.74, 6) is -1.40. The maximum absolute atomic E-state index is 13.5. The predicted molar refractivity (Wildman–Crippen MR) is 103 cm³/mol. The minimum atomic E-state index is -0.872. The molecule has 8 nitrogen and oxygen atoms in total. The fourth-order valence-electron chi connectivity index (χ4n) is 2.74. The summed E-state index contributed by atoms with van der Waals surface area (Å²) in [5.41, 5.74) is 11.1. The lowest BCUT2D eigenvalue weighted by molar-refractivity contribution is -0.114. The van der Waals surface area contributed by atoms with Gasteiger partial charge in [0.2, 0.25) is 0 Å². The highest BCUT2D eigenvalue weighted by molar-refractivity contribution is 6.26. The number of rotatable bonds is 4. The monoisotopic (exact) mass is 392 g/mol. The number of carbonyl (C=O) groups excluding carboxylic acids is 2. The van der Waals surface area contributed by atoms with Crippen LogP contribution in [0.5, 0.6) is 0 Å². The number of amides is 2. The van der Waals surface area contributed by atoms with Crippen LogP contribution in [0.15, 0.2) is 34.8 Å². The first kappa shape index (κ1) is 21.4. The largest absolute Gasteiger partial charge is 0.444 e. The predicted octanol–water partition coefficient (Wildman–Crippen LogP) is 1.03. The average Bonchev–Trinajstić information content (AvgIpc) is 2.59. The number of aliphatic imine (C=N–C) groups is 1. The topological polar surface area (TPSA) is 131 Å². The Kier molecular flexibility index (Phi) is 6.40. The van der Waals surface area contributed by atoms with E-state index in [1.165, 1.54) is 23.1 Å². The van der Waals surface area contributed by atoms with Crippen molar-refractivity contribution in [2.24, 2.45) is 16.5 Å². The molecule has 0 spiro atoms. The lowest BCUT2D eigenvalue weighted by Gasteiger charge is -2.33. The van der Waals surface area contributed by atoms with E-state index >= 15 is 0 Å². The molecule has 0 bridgehead atoms. The molecular formula is C19H25FN4O4. The molecule has 5 N–H and O–H groups in total. The van der Waals surface area contributed by atoms with E-state index in [2.05, 4.69) is 4.99 Å². The molecule has 1 unspecified atom stereocenters. The number of aliphatic hydroxyl groups is 1. The van der Waals surface area contributed by atoms with Crippen molar-refractivity contribution in [3.8, 4) is 0 Å². The molecule has 0 fully saturated rings. The minimum Gasteiger partial charge on any atom is -0.444 e. The summed E-state index contributed by atoms with van der Waals surface area (Å²) in [4.78, 5) is 30.2. The van der Waals surface area contributed by atoms with E-state index in [4.69, 9.17) is 16.2 Å². The highest BCUT2D eigenvalue weighted by Crippen LogP contribution is 2.20. The van der Waals surface area contributed by atoms with Gasteiger partial charge < -0.3 is 26.2 Å². The second kappa shape index (κ2) is 8.39. The van der Waals surface area contributed by atoms with Gasteiger partial charge >= 0.3 is 6.09 Å². The summed E-state index contributed by atoms with van der Waals surface area (Å²) in [6.07, 6.45) is -0.619. The van der Waals surface area contributed by atoms with Gasteiger partial charge in [-0.2, -0.15) is 0 Å². The SMILES string of the molecule is CC(C)(C)OC(=O)N1CC(C(C(N)=O)=C(N)c2cccc(F)c2)=NC(CO)C1. The maximum atomic E-state index is 13.5. The lowest BCUT2D eigenvalue weighted by Crippen LogP contribution is -2.49. The van der Waals surface area contributed by atoms with Crippen molar-refractivity contribution in [2.75, 3.05) is 19.7 Å². The Bertz CT molecular complexity index is 829. The standard InChI is InChI=1S/C19H25FN4O4/c1-19(2,3)28-18(27)24-8-13(10-25)23-14(9-24)15(17(22)26)16(21)11-5-4-6-12(20)7-11/h4-7,13,25H,8-10,21H2,1-3H3,(H2,22,26). The number of hydrogen-bond donors (Lipinski definition) is 3. The van der Waals surface area contributed by atoms with E-state index < -0.39 is 29.5 Å². The Balaban J connectivity index is 2.45. The zero-order valence-corrected chi connectivity index (χ0v) is 16.1. The molecule has 1 aromatic rings. The van der Waals surface area contributed by atoms with Crippen molar-refractivity contribution < 1.29 is 23.8 Å². The van der Waals surface area contributed by atoms with Crippen LogP contribution in [0.1, 0.15) is 26.3 Å². The van der Waals surface area contributed by atoms with Gasteiger partial charge in [-0.3, -0.25) is 9.79 Å². The molecule has 0 aliphatic carbocycles. The van der Waals surface area contributed by atoms with Gasteiger partial charge in [0.15, 0.2) is 0 Å². The molecule has 0 radical (unpaired) electrons. The molecule has 152 valence electrons. The van der Waals surface area contributed by atoms with Gasteiger partial charge in [0.05, 0.1) is 36.2 Å². The van der Waals surface area contributed by atoms with Crippen LogP contribution in [-0.2, 0) is 9.53 Å². The Morgan fingerprint density at radius 3 is 2.57 bits per heavy atom. The number of halogens is 1. The number of primary amides is 1. The molecule has 1 aliphatic heterocycles. The average molecular weight is 392 g/mol. The third kappa shape index (κ3) is 5.29. The summed E-state index contributed by atoms with van der Waals surface area (Å²) in [7, 11) is 0. The summed E-state index contributed by atoms with van der Waals surface area (Å²) >= 11 is 0. The fraction of sp³-hybridized carbons (Fsp3) is 0.421. The molecule has 0 saturated carbocycles. The molecule has 2 rings (SSSR count). The van der Waals surface area contributed by atoms with Crippen LogP contribution in [0.2, 0.25) is 0 Å². The van der Waals surface area contributed by atoms with Crippen LogP contribution in [0.4, 0.5) is 9.18 Å². The van der Waals surface area contributed by atoms with Gasteiger partial charge in [0.1, 0.15) is 11.4 Å². The van der Waals surface area contributed by atoms with Crippen molar-refractivity contribution in [1.82, 2.24) is 4.90 Å². The van der Waals surface area contributed by atoms with E-state index in [-0.39, 0.29) is 42.2 Å². The van der Waals surface area contributed by atoms with Gasteiger partial charge in [-0.05, 0) is 32.9 Å². The molecule has 1 heterocycles. The molecule has 1 aromatic carbocycles. The zero-order chi connectivity index (χ0) is 21.1. The number of nitrogens with zero attached hydrogens (tertiary/aromatic N) is 2. The van der Waals surface area contributed by atoms with Crippen molar-refractivity contribution >= 4 is 23.4 Å². The quantitative estimate of drug-likeness (QED) is 0.659. The van der Waals surface area contributed by atoms with Crippen molar-refractivity contribution in [2.45, 2.75) is 32.4 Å². The smallest absolute Gasteiger partial charge is 0.410 e. The zero-order valence-electron chi connectivity index (χ0n) is 16.1. The normalized spacial score (nSPS) is 18.2. The van der Waals surface area contributed by atoms with E-state index in [1.807, 2.05) is 0 Å². The first-order valence-electron chi connectivity index (χ1n) is 8.73. The first-order chi connectivity index (χ1) is 13.0. The van der Waals surface area contributed by atoms with Crippen LogP contribution in [-0.4, -0.2) is 59.1 Å². The van der Waals surface area contributed by atoms with Gasteiger partial charge in [-0.1, -0.05) is 12.1 Å². The summed E-state index contributed by atoms with van der Waals surface area (Å²) in [6.45, 7) is 4.85. The van der Waals surface area contributed by atoms with Crippen LogP contribution < -0.4 is 11.5 Å². The Morgan fingerprint density at radius 1 is 1.36 bits per heavy atom. The van der Waals surface area contributed by atoms with E-state index in [0.717, 1.165) is 6.07 Å². The Hall–Kier alpha value is -2.94. The third-order valence-corrected chi connectivity index (χ3v) is 3.91. The van der Waals surface area contributed by atoms with E-state index in [1.54, 1.807) is 20.8 Å². The highest BCUT2D eigenvalue weighted by atomic mass is 19.1. The van der Waals surface area contributed by atoms with Crippen LogP contribution in [0, 0.1) is 5.82 Å². The van der Waals surface area contributed by atoms with Crippen molar-refractivity contribution in [1.29, 1.82) is 0 Å². The molecule has 2 amide bonds. The van der Waals surface area contributed by atoms with E-state index in [9.17, 15) is 19.1 Å². The molecule has 1 aliphatic rings. The lowest BCUT2D eigenvalue weighted by atomic mass is 10.00. The first-order valence-corrected chi connectivity index (χ1v) is 8.73. The highest BCUT2D eigenvalue weighted by Gasteiger charge is 2.32. The second-order valence-corrected chi connectivity index (χ2v) is 7.44. The summed E-state index contributed by atoms with van der Waals surface area (Å²) in [5, 5.41) is 9.55. The Labute approximate surface area is 162 Å². The number of aliphatic hydroxyl groups excluding tert-OH is 1. The van der Waals surface area contributed by atoms with E-state index in [0.29, 0.717) is 0 Å². The van der Waals surface area contributed by atoms with Crippen LogP contribution in [0.3, 0.4) is 0 Å². The van der Waals surface area contributed by atoms with Gasteiger partial charge in [-0.15, -0.1) is 0 Å². The fourth-order valence-corrected chi connectivity index (χ4v) is 2.74. The number of ether oxygens (including phenoxy) is 1. The van der Waals surface area contributed by atoms with Crippen molar-refractivity contribution in [3.63, 3.8) is 0 Å². The molecule has 0 aromatic heterocycles. The van der Waals surface area contributed by atoms with Gasteiger partial charge in [0.25, 0.3) is 5.91 Å². The molecule has 0 saturated heterocycles. The van der Waals surface area contributed by atoms with Crippen molar-refractivity contribution in [3.05, 3.63) is 41.2 Å². The van der Waals surface area contributed by atoms with Crippen LogP contribution >= 0.6 is 0 Å². The summed E-state index contributed by atoms with van der Waals surface area (Å²) < 4.78 is 18.9. The molecule has 28 heavy (non-hydrogen) atoms. The second-order valence-electron chi connectivity index (χ2n) is 7.44. The van der Waals surface area contributed by atoms with Gasteiger partial charge in [-0.25, -0.2) is 9.18 Å². The number of nitrogens with two attached hydrogens (primary N) is 2. The summed E-state index contributed by atoms with van der Waals surface area (Å²) in [6, 6.07) is 4.70. The minimum absolute atomic E-state index is 0.0616. The molecular weight excluding hydrogens is 367 g/mol. The Morgan fingerprint density at radius 2 is 2.04 bits per heavy atom.